The number of halogens is 4. The van der Waals surface area contributed by atoms with Crippen LogP contribution in [0.5, 0.6) is 0 Å². The van der Waals surface area contributed by atoms with Gasteiger partial charge in [0, 0.05) is 13.1 Å². The van der Waals surface area contributed by atoms with E-state index in [1.165, 1.54) is 0 Å². The highest BCUT2D eigenvalue weighted by atomic mass is 32.2. The molecule has 2 rings (SSSR count). The molecule has 128 valence electrons. The molecule has 1 aromatic carbocycles. The molecule has 0 saturated carbocycles. The molecule has 5 nitrogen and oxygen atoms in total. The summed E-state index contributed by atoms with van der Waals surface area (Å²) in [5.41, 5.74) is -1.28. The summed E-state index contributed by atoms with van der Waals surface area (Å²) in [5.74, 6) is -3.21. The van der Waals surface area contributed by atoms with Gasteiger partial charge in [0.2, 0.25) is 10.0 Å². The standard InChI is InChI=1S/C13H13F4NO4S/c14-10-7-9(13(15,16)17)1-2-11(10)23(21,22)18-5-3-8(4-6-18)12(19)20/h1-2,7-8H,3-6H2,(H,19,20). The molecule has 0 aliphatic carbocycles. The zero-order valence-corrected chi connectivity index (χ0v) is 12.5. The first-order chi connectivity index (χ1) is 10.5. The van der Waals surface area contributed by atoms with Gasteiger partial charge in [0.25, 0.3) is 0 Å². The number of hydrogen-bond donors (Lipinski definition) is 1. The van der Waals surface area contributed by atoms with Gasteiger partial charge in [-0.3, -0.25) is 4.79 Å². The van der Waals surface area contributed by atoms with Crippen molar-refractivity contribution in [3.05, 3.63) is 29.6 Å². The number of nitrogens with zero attached hydrogens (tertiary/aromatic N) is 1. The number of alkyl halides is 3. The van der Waals surface area contributed by atoms with E-state index in [-0.39, 0.29) is 32.0 Å². The normalized spacial score (nSPS) is 18.1. The Morgan fingerprint density at radius 1 is 1.22 bits per heavy atom. The summed E-state index contributed by atoms with van der Waals surface area (Å²) in [4.78, 5) is 9.98. The van der Waals surface area contributed by atoms with Crippen LogP contribution in [0.3, 0.4) is 0 Å². The van der Waals surface area contributed by atoms with Gasteiger partial charge in [0.15, 0.2) is 0 Å². The van der Waals surface area contributed by atoms with Crippen molar-refractivity contribution in [3.8, 4) is 0 Å². The molecule has 0 spiro atoms. The van der Waals surface area contributed by atoms with Gasteiger partial charge < -0.3 is 5.11 Å². The second kappa shape index (κ2) is 6.08. The second-order valence-corrected chi connectivity index (χ2v) is 7.07. The van der Waals surface area contributed by atoms with E-state index in [2.05, 4.69) is 0 Å². The van der Waals surface area contributed by atoms with Gasteiger partial charge in [-0.25, -0.2) is 12.8 Å². The Kier molecular flexibility index (Phi) is 4.67. The minimum absolute atomic E-state index is 0.0663. The van der Waals surface area contributed by atoms with E-state index in [9.17, 15) is 30.8 Å². The van der Waals surface area contributed by atoms with Crippen molar-refractivity contribution in [2.45, 2.75) is 23.9 Å². The predicted octanol–water partition coefficient (Wildman–Crippen LogP) is 2.33. The number of carbonyl (C=O) groups is 1. The molecule has 1 saturated heterocycles. The first kappa shape index (κ1) is 17.7. The van der Waals surface area contributed by atoms with Gasteiger partial charge in [0.05, 0.1) is 11.5 Å². The Hall–Kier alpha value is -1.68. The van der Waals surface area contributed by atoms with Crippen LogP contribution in [0.25, 0.3) is 0 Å². The fourth-order valence-corrected chi connectivity index (χ4v) is 3.88. The van der Waals surface area contributed by atoms with Gasteiger partial charge in [-0.1, -0.05) is 0 Å². The minimum Gasteiger partial charge on any atom is -0.481 e. The molecular formula is C13H13F4NO4S. The molecule has 1 aliphatic rings. The maximum absolute atomic E-state index is 13.8. The van der Waals surface area contributed by atoms with Crippen molar-refractivity contribution >= 4 is 16.0 Å². The number of piperidine rings is 1. The summed E-state index contributed by atoms with van der Waals surface area (Å²) in [6.07, 6.45) is -4.64. The molecule has 23 heavy (non-hydrogen) atoms. The fraction of sp³-hybridized carbons (Fsp3) is 0.462. The van der Waals surface area contributed by atoms with E-state index in [1.54, 1.807) is 0 Å². The Morgan fingerprint density at radius 2 is 1.78 bits per heavy atom. The lowest BCUT2D eigenvalue weighted by Gasteiger charge is -2.29. The van der Waals surface area contributed by atoms with Gasteiger partial charge in [-0.15, -0.1) is 0 Å². The number of benzene rings is 1. The van der Waals surface area contributed by atoms with E-state index in [0.29, 0.717) is 12.1 Å². The average molecular weight is 355 g/mol. The number of carboxylic acid groups (broad SMARTS) is 1. The van der Waals surface area contributed by atoms with Crippen LogP contribution in [0, 0.1) is 11.7 Å². The lowest BCUT2D eigenvalue weighted by molar-refractivity contribution is -0.143. The summed E-state index contributed by atoms with van der Waals surface area (Å²) in [6, 6.07) is 1.22. The van der Waals surface area contributed by atoms with Crippen molar-refractivity contribution in [2.75, 3.05) is 13.1 Å². The zero-order valence-electron chi connectivity index (χ0n) is 11.7. The summed E-state index contributed by atoms with van der Waals surface area (Å²) < 4.78 is 76.8. The van der Waals surface area contributed by atoms with Crippen LogP contribution in [0.1, 0.15) is 18.4 Å². The molecule has 10 heteroatoms. The quantitative estimate of drug-likeness (QED) is 0.845. The molecule has 0 radical (unpaired) electrons. The Bertz CT molecular complexity index is 709. The van der Waals surface area contributed by atoms with Gasteiger partial charge in [0.1, 0.15) is 10.7 Å². The Morgan fingerprint density at radius 3 is 2.22 bits per heavy atom. The van der Waals surface area contributed by atoms with Crippen molar-refractivity contribution in [3.63, 3.8) is 0 Å². The Labute approximate surface area is 129 Å². The summed E-state index contributed by atoms with van der Waals surface area (Å²) in [5, 5.41) is 8.86. The van der Waals surface area contributed by atoms with Crippen LogP contribution in [0.2, 0.25) is 0 Å². The van der Waals surface area contributed by atoms with E-state index >= 15 is 0 Å². The fourth-order valence-electron chi connectivity index (χ4n) is 2.37. The predicted molar refractivity (Wildman–Crippen MR) is 70.5 cm³/mol. The summed E-state index contributed by atoms with van der Waals surface area (Å²) >= 11 is 0. The molecule has 0 amide bonds. The van der Waals surface area contributed by atoms with Crippen LogP contribution in [0.4, 0.5) is 17.6 Å². The van der Waals surface area contributed by atoms with E-state index in [4.69, 9.17) is 5.11 Å². The average Bonchev–Trinajstić information content (AvgIpc) is 2.46. The number of rotatable bonds is 3. The molecule has 1 fully saturated rings. The summed E-state index contributed by atoms with van der Waals surface area (Å²) in [7, 11) is -4.31. The van der Waals surface area contributed by atoms with E-state index in [0.717, 1.165) is 4.31 Å². The first-order valence-electron chi connectivity index (χ1n) is 6.63. The molecule has 1 aliphatic heterocycles. The number of sulfonamides is 1. The van der Waals surface area contributed by atoms with Crippen LogP contribution >= 0.6 is 0 Å². The number of hydrogen-bond acceptors (Lipinski definition) is 3. The number of aliphatic carboxylic acids is 1. The maximum Gasteiger partial charge on any atom is 0.416 e. The largest absolute Gasteiger partial charge is 0.481 e. The van der Waals surface area contributed by atoms with Crippen molar-refractivity contribution in [1.82, 2.24) is 4.31 Å². The monoisotopic (exact) mass is 355 g/mol. The molecule has 0 aromatic heterocycles. The molecular weight excluding hydrogens is 342 g/mol. The van der Waals surface area contributed by atoms with E-state index in [1.807, 2.05) is 0 Å². The Balaban J connectivity index is 2.26. The highest BCUT2D eigenvalue weighted by molar-refractivity contribution is 7.89. The molecule has 1 N–H and O–H groups in total. The van der Waals surface area contributed by atoms with Crippen LogP contribution in [0.15, 0.2) is 23.1 Å². The SMILES string of the molecule is O=C(O)C1CCN(S(=O)(=O)c2ccc(C(F)(F)F)cc2F)CC1. The first-order valence-corrected chi connectivity index (χ1v) is 8.07. The molecule has 0 unspecified atom stereocenters. The molecule has 1 heterocycles. The minimum atomic E-state index is -4.77. The molecule has 1 aromatic rings. The lowest BCUT2D eigenvalue weighted by Crippen LogP contribution is -2.40. The third kappa shape index (κ3) is 3.63. The second-order valence-electron chi connectivity index (χ2n) is 5.16. The maximum atomic E-state index is 13.8. The highest BCUT2D eigenvalue weighted by Gasteiger charge is 2.36. The third-order valence-corrected chi connectivity index (χ3v) is 5.61. The molecule has 0 bridgehead atoms. The van der Waals surface area contributed by atoms with Gasteiger partial charge in [-0.2, -0.15) is 17.5 Å². The zero-order chi connectivity index (χ0) is 17.4. The van der Waals surface area contributed by atoms with Crippen molar-refractivity contribution in [2.24, 2.45) is 5.92 Å². The third-order valence-electron chi connectivity index (χ3n) is 3.68. The van der Waals surface area contributed by atoms with Crippen LogP contribution in [-0.4, -0.2) is 36.9 Å². The van der Waals surface area contributed by atoms with Crippen LogP contribution in [-0.2, 0) is 21.0 Å². The number of carboxylic acids is 1. The van der Waals surface area contributed by atoms with Gasteiger partial charge in [-0.05, 0) is 31.0 Å². The van der Waals surface area contributed by atoms with Crippen LogP contribution < -0.4 is 0 Å². The smallest absolute Gasteiger partial charge is 0.416 e. The molecule has 0 atom stereocenters. The van der Waals surface area contributed by atoms with Gasteiger partial charge >= 0.3 is 12.1 Å². The van der Waals surface area contributed by atoms with Crippen molar-refractivity contribution < 1.29 is 35.9 Å². The topological polar surface area (TPSA) is 74.7 Å². The van der Waals surface area contributed by atoms with Crippen molar-refractivity contribution in [1.29, 1.82) is 0 Å². The highest BCUT2D eigenvalue weighted by Crippen LogP contribution is 2.32. The summed E-state index contributed by atoms with van der Waals surface area (Å²) in [6.45, 7) is -0.250. The lowest BCUT2D eigenvalue weighted by atomic mass is 9.99. The van der Waals surface area contributed by atoms with E-state index < -0.39 is 44.4 Å².